The van der Waals surface area contributed by atoms with E-state index in [1.807, 2.05) is 6.92 Å². The first-order valence-electron chi connectivity index (χ1n) is 7.97. The number of nitrogens with one attached hydrogen (secondary N) is 1. The lowest BCUT2D eigenvalue weighted by atomic mass is 9.68. The maximum atomic E-state index is 12.6. The average molecular weight is 474 g/mol. The Morgan fingerprint density at radius 1 is 1.42 bits per heavy atom. The van der Waals surface area contributed by atoms with Gasteiger partial charge in [0.25, 0.3) is 0 Å². The van der Waals surface area contributed by atoms with Gasteiger partial charge >= 0.3 is 6.18 Å². The lowest BCUT2D eigenvalue weighted by molar-refractivity contribution is -0.140. The van der Waals surface area contributed by atoms with Crippen molar-refractivity contribution in [3.63, 3.8) is 0 Å². The summed E-state index contributed by atoms with van der Waals surface area (Å²) in [6, 6.07) is 0. The summed E-state index contributed by atoms with van der Waals surface area (Å²) in [5.74, 6) is 0.792. The van der Waals surface area contributed by atoms with Crippen molar-refractivity contribution in [3.8, 4) is 0 Å². The van der Waals surface area contributed by atoms with Crippen LogP contribution in [-0.4, -0.2) is 35.5 Å². The van der Waals surface area contributed by atoms with Crippen LogP contribution in [-0.2, 0) is 12.7 Å². The van der Waals surface area contributed by atoms with Gasteiger partial charge in [0.05, 0.1) is 6.54 Å². The van der Waals surface area contributed by atoms with Crippen molar-refractivity contribution in [2.24, 2.45) is 10.4 Å². The molecule has 1 saturated carbocycles. The number of halogens is 4. The Labute approximate surface area is 161 Å². The number of rotatable bonds is 3. The highest BCUT2D eigenvalue weighted by molar-refractivity contribution is 14.0. The van der Waals surface area contributed by atoms with Gasteiger partial charge < -0.3 is 10.2 Å². The monoisotopic (exact) mass is 474 g/mol. The molecule has 0 unspecified atom stereocenters. The van der Waals surface area contributed by atoms with Gasteiger partial charge in [-0.25, -0.2) is 9.98 Å². The number of aliphatic imine (C=N–C) groups is 1. The zero-order valence-corrected chi connectivity index (χ0v) is 16.7. The van der Waals surface area contributed by atoms with Crippen LogP contribution in [0.1, 0.15) is 43.3 Å². The zero-order chi connectivity index (χ0) is 16.5. The van der Waals surface area contributed by atoms with Crippen molar-refractivity contribution in [1.82, 2.24) is 15.2 Å². The summed E-state index contributed by atoms with van der Waals surface area (Å²) >= 11 is 1.01. The van der Waals surface area contributed by atoms with Crippen molar-refractivity contribution in [1.29, 1.82) is 0 Å². The van der Waals surface area contributed by atoms with Gasteiger partial charge in [-0.05, 0) is 31.6 Å². The van der Waals surface area contributed by atoms with E-state index in [2.05, 4.69) is 20.2 Å². The molecule has 1 aromatic heterocycles. The summed E-state index contributed by atoms with van der Waals surface area (Å²) in [5.41, 5.74) is -0.367. The first kappa shape index (κ1) is 19.7. The quantitative estimate of drug-likeness (QED) is 0.407. The van der Waals surface area contributed by atoms with Gasteiger partial charge in [-0.1, -0.05) is 6.42 Å². The summed E-state index contributed by atoms with van der Waals surface area (Å²) in [4.78, 5) is 10.4. The molecule has 1 spiro atoms. The third-order valence-electron chi connectivity index (χ3n) is 4.69. The molecule has 0 radical (unpaired) electrons. The van der Waals surface area contributed by atoms with Gasteiger partial charge in [0.15, 0.2) is 11.7 Å². The molecule has 136 valence electrons. The minimum Gasteiger partial charge on any atom is -0.357 e. The van der Waals surface area contributed by atoms with E-state index in [-0.39, 0.29) is 30.5 Å². The SMILES string of the molecule is CCNC(=NCc1nc(C(F)(F)F)cs1)N1CCC2(CCC2)C1.I. The van der Waals surface area contributed by atoms with E-state index < -0.39 is 11.9 Å². The molecular formula is C15H22F3IN4S. The third-order valence-corrected chi connectivity index (χ3v) is 5.53. The molecule has 9 heteroatoms. The van der Waals surface area contributed by atoms with Crippen LogP contribution in [0.25, 0.3) is 0 Å². The van der Waals surface area contributed by atoms with Gasteiger partial charge in [-0.15, -0.1) is 35.3 Å². The number of guanidine groups is 1. The molecule has 1 aliphatic carbocycles. The predicted octanol–water partition coefficient (Wildman–Crippen LogP) is 4.12. The topological polar surface area (TPSA) is 40.5 Å². The number of thiazole rings is 1. The lowest BCUT2D eigenvalue weighted by Gasteiger charge is -2.38. The van der Waals surface area contributed by atoms with Crippen molar-refractivity contribution >= 4 is 41.3 Å². The zero-order valence-electron chi connectivity index (χ0n) is 13.5. The Kier molecular flexibility index (Phi) is 6.38. The van der Waals surface area contributed by atoms with Crippen molar-refractivity contribution in [2.45, 2.75) is 45.3 Å². The van der Waals surface area contributed by atoms with Crippen molar-refractivity contribution < 1.29 is 13.2 Å². The molecule has 1 saturated heterocycles. The van der Waals surface area contributed by atoms with Gasteiger partial charge in [0, 0.05) is 25.0 Å². The summed E-state index contributed by atoms with van der Waals surface area (Å²) in [7, 11) is 0. The maximum absolute atomic E-state index is 12.6. The second kappa shape index (κ2) is 7.76. The van der Waals surface area contributed by atoms with E-state index in [0.717, 1.165) is 42.3 Å². The number of hydrogen-bond acceptors (Lipinski definition) is 3. The third kappa shape index (κ3) is 4.33. The molecule has 3 rings (SSSR count). The molecule has 0 atom stereocenters. The predicted molar refractivity (Wildman–Crippen MR) is 99.8 cm³/mol. The molecule has 2 fully saturated rings. The van der Waals surface area contributed by atoms with E-state index in [4.69, 9.17) is 0 Å². The maximum Gasteiger partial charge on any atom is 0.434 e. The lowest BCUT2D eigenvalue weighted by Crippen LogP contribution is -2.42. The van der Waals surface area contributed by atoms with Gasteiger partial charge in [-0.3, -0.25) is 0 Å². The fourth-order valence-corrected chi connectivity index (χ4v) is 4.01. The molecule has 1 aliphatic heterocycles. The molecule has 1 N–H and O–H groups in total. The van der Waals surface area contributed by atoms with Crippen molar-refractivity contribution in [2.75, 3.05) is 19.6 Å². The number of alkyl halides is 3. The van der Waals surface area contributed by atoms with E-state index in [0.29, 0.717) is 10.4 Å². The second-order valence-corrected chi connectivity index (χ2v) is 7.26. The smallest absolute Gasteiger partial charge is 0.357 e. The molecule has 2 heterocycles. The van der Waals surface area contributed by atoms with Crippen LogP contribution in [0.2, 0.25) is 0 Å². The molecule has 1 aromatic rings. The number of aromatic nitrogens is 1. The summed E-state index contributed by atoms with van der Waals surface area (Å²) in [6.07, 6.45) is 0.678. The molecule has 0 aromatic carbocycles. The van der Waals surface area contributed by atoms with Crippen LogP contribution in [0.15, 0.2) is 10.4 Å². The van der Waals surface area contributed by atoms with E-state index in [1.165, 1.54) is 25.7 Å². The van der Waals surface area contributed by atoms with Crippen LogP contribution in [0.3, 0.4) is 0 Å². The summed E-state index contributed by atoms with van der Waals surface area (Å²) < 4.78 is 37.8. The fourth-order valence-electron chi connectivity index (χ4n) is 3.28. The van der Waals surface area contributed by atoms with E-state index in [9.17, 15) is 13.2 Å². The molecule has 2 aliphatic rings. The minimum atomic E-state index is -4.38. The van der Waals surface area contributed by atoms with Crippen LogP contribution in [0.5, 0.6) is 0 Å². The Bertz CT molecular complexity index is 584. The summed E-state index contributed by atoms with van der Waals surface area (Å²) in [5, 5.41) is 4.69. The number of likely N-dealkylation sites (tertiary alicyclic amines) is 1. The van der Waals surface area contributed by atoms with Crippen LogP contribution in [0.4, 0.5) is 13.2 Å². The molecule has 4 nitrogen and oxygen atoms in total. The first-order valence-corrected chi connectivity index (χ1v) is 8.85. The summed E-state index contributed by atoms with van der Waals surface area (Å²) in [6.45, 7) is 4.90. The largest absolute Gasteiger partial charge is 0.434 e. The second-order valence-electron chi connectivity index (χ2n) is 6.32. The average Bonchev–Trinajstić information content (AvgIpc) is 3.09. The molecule has 0 bridgehead atoms. The van der Waals surface area contributed by atoms with Crippen molar-refractivity contribution in [3.05, 3.63) is 16.1 Å². The van der Waals surface area contributed by atoms with Gasteiger partial charge in [0.2, 0.25) is 0 Å². The first-order chi connectivity index (χ1) is 10.9. The molecular weight excluding hydrogens is 452 g/mol. The van der Waals surface area contributed by atoms with Crippen LogP contribution >= 0.6 is 35.3 Å². The highest BCUT2D eigenvalue weighted by Gasteiger charge is 2.43. The Morgan fingerprint density at radius 3 is 2.67 bits per heavy atom. The normalized spacial score (nSPS) is 20.0. The van der Waals surface area contributed by atoms with Gasteiger partial charge in [-0.2, -0.15) is 13.2 Å². The van der Waals surface area contributed by atoms with E-state index >= 15 is 0 Å². The highest BCUT2D eigenvalue weighted by atomic mass is 127. The van der Waals surface area contributed by atoms with Gasteiger partial charge in [0.1, 0.15) is 5.01 Å². The Hall–Kier alpha value is -0.580. The standard InChI is InChI=1S/C15H21F3N4S.HI/c1-2-19-13(22-7-6-14(10-22)4-3-5-14)20-8-12-21-11(9-23-12)15(16,17)18;/h9H,2-8,10H2,1H3,(H,19,20);1H. The number of hydrogen-bond donors (Lipinski definition) is 1. The molecule has 0 amide bonds. The fraction of sp³-hybridized carbons (Fsp3) is 0.733. The highest BCUT2D eigenvalue weighted by Crippen LogP contribution is 2.47. The number of nitrogens with zero attached hydrogens (tertiary/aromatic N) is 3. The van der Waals surface area contributed by atoms with Crippen LogP contribution < -0.4 is 5.32 Å². The molecule has 24 heavy (non-hydrogen) atoms. The van der Waals surface area contributed by atoms with E-state index in [1.54, 1.807) is 0 Å². The Morgan fingerprint density at radius 2 is 2.17 bits per heavy atom. The Balaban J connectivity index is 0.00000208. The van der Waals surface area contributed by atoms with Crippen LogP contribution in [0, 0.1) is 5.41 Å². The minimum absolute atomic E-state index is 0.